The summed E-state index contributed by atoms with van der Waals surface area (Å²) in [6.07, 6.45) is 12.8. The Morgan fingerprint density at radius 2 is 1.84 bits per heavy atom. The Bertz CT molecular complexity index is 825. The van der Waals surface area contributed by atoms with Crippen LogP contribution in [0.5, 0.6) is 0 Å². The Kier molecular flexibility index (Phi) is 7.23. The molecule has 2 fully saturated rings. The topological polar surface area (TPSA) is 83.7 Å². The van der Waals surface area contributed by atoms with Gasteiger partial charge < -0.3 is 25.6 Å². The maximum absolute atomic E-state index is 12.8. The summed E-state index contributed by atoms with van der Waals surface area (Å²) in [5.74, 6) is 1.55. The third-order valence-corrected chi connectivity index (χ3v) is 7.18. The van der Waals surface area contributed by atoms with Gasteiger partial charge in [0.1, 0.15) is 11.6 Å². The molecule has 32 heavy (non-hydrogen) atoms. The van der Waals surface area contributed by atoms with Crippen LogP contribution in [0, 0.1) is 6.92 Å². The summed E-state index contributed by atoms with van der Waals surface area (Å²) in [6.45, 7) is 5.18. The monoisotopic (exact) mass is 441 g/mol. The first-order chi connectivity index (χ1) is 15.5. The molecule has 1 amide bonds. The van der Waals surface area contributed by atoms with E-state index in [1.54, 1.807) is 14.0 Å². The quantitative estimate of drug-likeness (QED) is 0.628. The minimum Gasteiger partial charge on any atom is -0.497 e. The smallest absolute Gasteiger partial charge is 0.256 e. The lowest BCUT2D eigenvalue weighted by Gasteiger charge is -2.43. The number of hydrogen-bond acceptors (Lipinski definition) is 6. The predicted molar refractivity (Wildman–Crippen MR) is 127 cm³/mol. The molecule has 4 rings (SSSR count). The number of ether oxygens (including phenoxy) is 1. The Morgan fingerprint density at radius 3 is 2.41 bits per heavy atom. The van der Waals surface area contributed by atoms with Gasteiger partial charge in [-0.1, -0.05) is 25.7 Å². The molecule has 1 aliphatic heterocycles. The second-order valence-electron chi connectivity index (χ2n) is 9.68. The van der Waals surface area contributed by atoms with Crippen molar-refractivity contribution in [2.45, 2.75) is 89.9 Å². The first-order valence-electron chi connectivity index (χ1n) is 12.3. The van der Waals surface area contributed by atoms with Crippen molar-refractivity contribution in [3.05, 3.63) is 34.8 Å². The van der Waals surface area contributed by atoms with E-state index in [-0.39, 0.29) is 5.91 Å². The van der Waals surface area contributed by atoms with Crippen molar-refractivity contribution in [1.29, 1.82) is 0 Å². The van der Waals surface area contributed by atoms with Crippen LogP contribution in [0.4, 0.5) is 5.82 Å². The predicted octanol–water partition coefficient (Wildman–Crippen LogP) is 3.68. The molecule has 176 valence electrons. The van der Waals surface area contributed by atoms with Gasteiger partial charge in [0.2, 0.25) is 0 Å². The van der Waals surface area contributed by atoms with Crippen LogP contribution in [0.25, 0.3) is 0 Å². The van der Waals surface area contributed by atoms with Gasteiger partial charge in [-0.15, -0.1) is 0 Å². The number of nitrogens with zero attached hydrogens (tertiary/aromatic N) is 3. The molecule has 2 aliphatic carbocycles. The minimum atomic E-state index is -0.412. The number of carbonyl (C=O) groups excluding carboxylic acids is 1. The first-order valence-corrected chi connectivity index (χ1v) is 12.3. The van der Waals surface area contributed by atoms with Gasteiger partial charge in [-0.2, -0.15) is 0 Å². The number of methoxy groups -OCH3 is 1. The third kappa shape index (κ3) is 4.87. The summed E-state index contributed by atoms with van der Waals surface area (Å²) in [5, 5.41) is 2.81. The fourth-order valence-electron chi connectivity index (χ4n) is 5.73. The molecule has 2 saturated carbocycles. The summed E-state index contributed by atoms with van der Waals surface area (Å²) >= 11 is 0. The van der Waals surface area contributed by atoms with Gasteiger partial charge in [0, 0.05) is 31.2 Å². The van der Waals surface area contributed by atoms with Crippen molar-refractivity contribution < 1.29 is 9.53 Å². The normalized spacial score (nSPS) is 21.2. The van der Waals surface area contributed by atoms with Gasteiger partial charge in [-0.3, -0.25) is 4.79 Å². The fraction of sp³-hybridized carbons (Fsp3) is 0.680. The van der Waals surface area contributed by atoms with Crippen LogP contribution in [0.2, 0.25) is 0 Å². The maximum atomic E-state index is 12.8. The van der Waals surface area contributed by atoms with E-state index in [9.17, 15) is 4.79 Å². The molecule has 0 bridgehead atoms. The molecule has 0 saturated heterocycles. The van der Waals surface area contributed by atoms with E-state index >= 15 is 0 Å². The SMILES string of the molecule is COC1=C(N(C2CCCC2)C2CCCC2)CCN(c2ncc(C)cc2C(=O)NC(C)N)C1. The molecule has 1 atom stereocenters. The molecule has 1 unspecified atom stereocenters. The fourth-order valence-corrected chi connectivity index (χ4v) is 5.73. The van der Waals surface area contributed by atoms with Crippen LogP contribution >= 0.6 is 0 Å². The average molecular weight is 442 g/mol. The van der Waals surface area contributed by atoms with Crippen molar-refractivity contribution in [1.82, 2.24) is 15.2 Å². The molecule has 3 N–H and O–H groups in total. The molecular formula is C25H39N5O2. The highest BCUT2D eigenvalue weighted by Gasteiger charge is 2.36. The van der Waals surface area contributed by atoms with Crippen LogP contribution in [0.15, 0.2) is 23.7 Å². The van der Waals surface area contributed by atoms with Gasteiger partial charge in [0.25, 0.3) is 5.91 Å². The van der Waals surface area contributed by atoms with Gasteiger partial charge >= 0.3 is 0 Å². The van der Waals surface area contributed by atoms with E-state index < -0.39 is 6.17 Å². The number of carbonyl (C=O) groups is 1. The van der Waals surface area contributed by atoms with Crippen LogP contribution in [0.3, 0.4) is 0 Å². The minimum absolute atomic E-state index is 0.182. The van der Waals surface area contributed by atoms with Crippen molar-refractivity contribution >= 4 is 11.7 Å². The number of aromatic nitrogens is 1. The van der Waals surface area contributed by atoms with E-state index in [1.165, 1.54) is 57.1 Å². The van der Waals surface area contributed by atoms with E-state index in [2.05, 4.69) is 20.1 Å². The number of aryl methyl sites for hydroxylation is 1. The van der Waals surface area contributed by atoms with Gasteiger partial charge in [-0.05, 0) is 51.2 Å². The molecule has 7 heteroatoms. The summed E-state index contributed by atoms with van der Waals surface area (Å²) in [6, 6.07) is 3.19. The first kappa shape index (κ1) is 22.9. The summed E-state index contributed by atoms with van der Waals surface area (Å²) in [7, 11) is 1.78. The molecule has 3 aliphatic rings. The Morgan fingerprint density at radius 1 is 1.22 bits per heavy atom. The summed E-state index contributed by atoms with van der Waals surface area (Å²) in [4.78, 5) is 22.4. The molecule has 0 spiro atoms. The van der Waals surface area contributed by atoms with Gasteiger partial charge in [-0.25, -0.2) is 4.98 Å². The molecule has 0 aromatic carbocycles. The lowest BCUT2D eigenvalue weighted by Crippen LogP contribution is -2.45. The number of nitrogens with one attached hydrogen (secondary N) is 1. The number of amides is 1. The number of rotatable bonds is 7. The lowest BCUT2D eigenvalue weighted by molar-refractivity contribution is 0.0941. The zero-order chi connectivity index (χ0) is 22.7. The zero-order valence-electron chi connectivity index (χ0n) is 19.9. The molecule has 1 aromatic heterocycles. The molecule has 1 aromatic rings. The lowest BCUT2D eigenvalue weighted by atomic mass is 10.0. The number of anilines is 1. The highest BCUT2D eigenvalue weighted by Crippen LogP contribution is 2.38. The molecule has 0 radical (unpaired) electrons. The zero-order valence-corrected chi connectivity index (χ0v) is 19.9. The highest BCUT2D eigenvalue weighted by atomic mass is 16.5. The molecule has 2 heterocycles. The molecular weight excluding hydrogens is 402 g/mol. The largest absolute Gasteiger partial charge is 0.497 e. The van der Waals surface area contributed by atoms with Crippen molar-refractivity contribution in [2.75, 3.05) is 25.1 Å². The standard InChI is InChI=1S/C25H39N5O2/c1-17-14-21(25(31)28-18(2)26)24(27-15-17)29-13-12-22(23(16-29)32-3)30(19-8-4-5-9-19)20-10-6-7-11-20/h14-15,18-20H,4-13,16,26H2,1-3H3,(H,28,31). The highest BCUT2D eigenvalue weighted by molar-refractivity contribution is 5.99. The Hall–Kier alpha value is -2.28. The summed E-state index contributed by atoms with van der Waals surface area (Å²) in [5.41, 5.74) is 8.73. The average Bonchev–Trinajstić information content (AvgIpc) is 3.49. The van der Waals surface area contributed by atoms with Crippen molar-refractivity contribution in [3.8, 4) is 0 Å². The van der Waals surface area contributed by atoms with E-state index in [0.29, 0.717) is 30.0 Å². The van der Waals surface area contributed by atoms with Crippen molar-refractivity contribution in [2.24, 2.45) is 5.73 Å². The van der Waals surface area contributed by atoms with E-state index in [4.69, 9.17) is 10.5 Å². The van der Waals surface area contributed by atoms with E-state index in [1.807, 2.05) is 19.2 Å². The van der Waals surface area contributed by atoms with Crippen LogP contribution < -0.4 is 16.0 Å². The Labute approximate surface area is 192 Å². The maximum Gasteiger partial charge on any atom is 0.256 e. The second kappa shape index (κ2) is 10.1. The second-order valence-corrected chi connectivity index (χ2v) is 9.68. The third-order valence-electron chi connectivity index (χ3n) is 7.18. The number of pyridine rings is 1. The van der Waals surface area contributed by atoms with Crippen LogP contribution in [-0.4, -0.2) is 54.2 Å². The van der Waals surface area contributed by atoms with Gasteiger partial charge in [0.15, 0.2) is 0 Å². The Balaban J connectivity index is 1.62. The number of hydrogen-bond donors (Lipinski definition) is 2. The number of nitrogens with two attached hydrogens (primary N) is 1. The van der Waals surface area contributed by atoms with E-state index in [0.717, 1.165) is 24.3 Å². The van der Waals surface area contributed by atoms with Gasteiger partial charge in [0.05, 0.1) is 31.1 Å². The van der Waals surface area contributed by atoms with Crippen LogP contribution in [-0.2, 0) is 4.74 Å². The van der Waals surface area contributed by atoms with Crippen molar-refractivity contribution in [3.63, 3.8) is 0 Å². The summed E-state index contributed by atoms with van der Waals surface area (Å²) < 4.78 is 5.99. The molecule has 7 nitrogen and oxygen atoms in total. The van der Waals surface area contributed by atoms with Crippen LogP contribution in [0.1, 0.15) is 80.6 Å².